The number of methoxy groups -OCH3 is 1. The molecular weight excluding hydrogens is 383 g/mol. The highest BCUT2D eigenvalue weighted by atomic mass is 32.2. The molecule has 0 fully saturated rings. The van der Waals surface area contributed by atoms with Crippen molar-refractivity contribution in [1.29, 1.82) is 0 Å². The number of hydrazone groups is 1. The number of fused-ring (bicyclic) bond motifs is 1. The highest BCUT2D eigenvalue weighted by Crippen LogP contribution is 2.37. The second-order valence-electron chi connectivity index (χ2n) is 6.42. The molecule has 0 saturated heterocycles. The Balaban J connectivity index is 1.82. The second kappa shape index (κ2) is 6.83. The van der Waals surface area contributed by atoms with Crippen LogP contribution < -0.4 is 4.74 Å². The molecule has 2 heterocycles. The zero-order valence-corrected chi connectivity index (χ0v) is 16.0. The molecule has 3 aromatic rings. The first-order chi connectivity index (χ1) is 13.4. The number of nitrogens with zero attached hydrogens (tertiary/aromatic N) is 4. The standard InChI is InChI=1S/C19H17FN4O3S/c1-27-12-6-7-13(15(20)10-12)17-11-18(24(23-17)28(2,25)26)14-4-3-5-16-19(14)22-9-8-21-16/h3-10,18H,11H2,1-2H3/t18-/m0/s1. The third-order valence-electron chi connectivity index (χ3n) is 4.59. The summed E-state index contributed by atoms with van der Waals surface area (Å²) in [6.45, 7) is 0. The molecule has 0 amide bonds. The van der Waals surface area contributed by atoms with Crippen LogP contribution >= 0.6 is 0 Å². The van der Waals surface area contributed by atoms with Crippen LogP contribution in [-0.4, -0.2) is 41.9 Å². The van der Waals surface area contributed by atoms with E-state index in [1.807, 2.05) is 0 Å². The van der Waals surface area contributed by atoms with Crippen molar-refractivity contribution >= 4 is 26.8 Å². The van der Waals surface area contributed by atoms with E-state index in [1.54, 1.807) is 42.7 Å². The Kier molecular flexibility index (Phi) is 4.46. The van der Waals surface area contributed by atoms with Gasteiger partial charge in [-0.2, -0.15) is 9.52 Å². The number of halogens is 1. The van der Waals surface area contributed by atoms with Crippen molar-refractivity contribution in [2.45, 2.75) is 12.5 Å². The summed E-state index contributed by atoms with van der Waals surface area (Å²) in [5, 5.41) is 4.24. The van der Waals surface area contributed by atoms with E-state index in [2.05, 4.69) is 15.1 Å². The van der Waals surface area contributed by atoms with Crippen LogP contribution in [0.4, 0.5) is 4.39 Å². The zero-order valence-electron chi connectivity index (χ0n) is 15.2. The fraction of sp³-hybridized carbons (Fsp3) is 0.211. The van der Waals surface area contributed by atoms with Gasteiger partial charge in [0.15, 0.2) is 0 Å². The molecule has 0 aliphatic carbocycles. The molecule has 0 radical (unpaired) electrons. The van der Waals surface area contributed by atoms with Gasteiger partial charge in [-0.15, -0.1) is 0 Å². The van der Waals surface area contributed by atoms with E-state index in [0.29, 0.717) is 28.1 Å². The van der Waals surface area contributed by atoms with Gasteiger partial charge in [0.2, 0.25) is 10.0 Å². The van der Waals surface area contributed by atoms with E-state index in [4.69, 9.17) is 4.74 Å². The first-order valence-corrected chi connectivity index (χ1v) is 10.3. The van der Waals surface area contributed by atoms with E-state index in [9.17, 15) is 12.8 Å². The van der Waals surface area contributed by atoms with Gasteiger partial charge in [0.05, 0.1) is 36.2 Å². The Bertz CT molecular complexity index is 1190. The Morgan fingerprint density at radius 2 is 1.96 bits per heavy atom. The molecular formula is C19H17FN4O3S. The number of sulfonamides is 1. The lowest BCUT2D eigenvalue weighted by atomic mass is 9.97. The summed E-state index contributed by atoms with van der Waals surface area (Å²) in [6.07, 6.45) is 4.42. The number of ether oxygens (including phenoxy) is 1. The molecule has 1 aliphatic heterocycles. The number of benzene rings is 2. The fourth-order valence-electron chi connectivity index (χ4n) is 3.33. The first-order valence-electron chi connectivity index (χ1n) is 8.49. The van der Waals surface area contributed by atoms with Crippen LogP contribution in [0.1, 0.15) is 23.6 Å². The Hall–Kier alpha value is -3.07. The molecule has 1 aliphatic rings. The molecule has 0 unspecified atom stereocenters. The highest BCUT2D eigenvalue weighted by Gasteiger charge is 2.36. The van der Waals surface area contributed by atoms with Crippen LogP contribution in [0, 0.1) is 5.82 Å². The topological polar surface area (TPSA) is 84.8 Å². The lowest BCUT2D eigenvalue weighted by Gasteiger charge is -2.22. The molecule has 28 heavy (non-hydrogen) atoms. The van der Waals surface area contributed by atoms with Crippen molar-refractivity contribution in [2.24, 2.45) is 5.10 Å². The molecule has 0 saturated carbocycles. The molecule has 0 N–H and O–H groups in total. The quantitative estimate of drug-likeness (QED) is 0.672. The summed E-state index contributed by atoms with van der Waals surface area (Å²) in [5.41, 5.74) is 2.50. The summed E-state index contributed by atoms with van der Waals surface area (Å²) < 4.78 is 45.4. The first kappa shape index (κ1) is 18.3. The van der Waals surface area contributed by atoms with Crippen LogP contribution in [-0.2, 0) is 10.0 Å². The predicted octanol–water partition coefficient (Wildman–Crippen LogP) is 2.89. The number of rotatable bonds is 4. The van der Waals surface area contributed by atoms with Crippen LogP contribution in [0.5, 0.6) is 5.75 Å². The summed E-state index contributed by atoms with van der Waals surface area (Å²) in [7, 11) is -2.24. The molecule has 0 spiro atoms. The van der Waals surface area contributed by atoms with E-state index in [-0.39, 0.29) is 12.0 Å². The maximum absolute atomic E-state index is 14.5. The smallest absolute Gasteiger partial charge is 0.247 e. The van der Waals surface area contributed by atoms with E-state index in [1.165, 1.54) is 13.2 Å². The fourth-order valence-corrected chi connectivity index (χ4v) is 4.23. The number of para-hydroxylation sites is 1. The molecule has 1 atom stereocenters. The van der Waals surface area contributed by atoms with Crippen LogP contribution in [0.25, 0.3) is 11.0 Å². The summed E-state index contributed by atoms with van der Waals surface area (Å²) in [4.78, 5) is 8.62. The second-order valence-corrected chi connectivity index (χ2v) is 8.26. The van der Waals surface area contributed by atoms with Gasteiger partial charge in [0.1, 0.15) is 11.6 Å². The Morgan fingerprint density at radius 3 is 2.68 bits per heavy atom. The van der Waals surface area contributed by atoms with Crippen molar-refractivity contribution in [2.75, 3.05) is 13.4 Å². The predicted molar refractivity (Wildman–Crippen MR) is 103 cm³/mol. The van der Waals surface area contributed by atoms with Crippen molar-refractivity contribution in [3.8, 4) is 5.75 Å². The SMILES string of the molecule is COc1ccc(C2=NN(S(C)(=O)=O)[C@H](c3cccc4nccnc34)C2)c(F)c1. The van der Waals surface area contributed by atoms with Gasteiger partial charge in [-0.05, 0) is 18.2 Å². The van der Waals surface area contributed by atoms with Crippen molar-refractivity contribution < 1.29 is 17.5 Å². The number of hydrogen-bond acceptors (Lipinski definition) is 6. The lowest BCUT2D eigenvalue weighted by Crippen LogP contribution is -2.26. The maximum Gasteiger partial charge on any atom is 0.247 e. The number of aromatic nitrogens is 2. The normalized spacial score (nSPS) is 17.0. The zero-order chi connectivity index (χ0) is 19.9. The van der Waals surface area contributed by atoms with Gasteiger partial charge in [0, 0.05) is 36.0 Å². The van der Waals surface area contributed by atoms with E-state index >= 15 is 0 Å². The Morgan fingerprint density at radius 1 is 1.18 bits per heavy atom. The van der Waals surface area contributed by atoms with Crippen molar-refractivity contribution in [1.82, 2.24) is 14.4 Å². The average Bonchev–Trinajstić information content (AvgIpc) is 3.12. The molecule has 2 aromatic carbocycles. The molecule has 4 rings (SSSR count). The van der Waals surface area contributed by atoms with E-state index < -0.39 is 21.9 Å². The minimum atomic E-state index is -3.68. The van der Waals surface area contributed by atoms with Gasteiger partial charge in [-0.25, -0.2) is 12.8 Å². The molecule has 144 valence electrons. The summed E-state index contributed by atoms with van der Waals surface area (Å²) in [6, 6.07) is 9.16. The van der Waals surface area contributed by atoms with Gasteiger partial charge in [0.25, 0.3) is 0 Å². The van der Waals surface area contributed by atoms with E-state index in [0.717, 1.165) is 10.7 Å². The minimum absolute atomic E-state index is 0.214. The van der Waals surface area contributed by atoms with Crippen molar-refractivity contribution in [3.05, 3.63) is 65.7 Å². The van der Waals surface area contributed by atoms with Gasteiger partial charge in [-0.3, -0.25) is 9.97 Å². The van der Waals surface area contributed by atoms with Crippen molar-refractivity contribution in [3.63, 3.8) is 0 Å². The van der Waals surface area contributed by atoms with Crippen LogP contribution in [0.15, 0.2) is 53.9 Å². The molecule has 0 bridgehead atoms. The lowest BCUT2D eigenvalue weighted by molar-refractivity contribution is 0.376. The third kappa shape index (κ3) is 3.18. The molecule has 7 nitrogen and oxygen atoms in total. The minimum Gasteiger partial charge on any atom is -0.497 e. The third-order valence-corrected chi connectivity index (χ3v) is 5.60. The summed E-state index contributed by atoms with van der Waals surface area (Å²) >= 11 is 0. The van der Waals surface area contributed by atoms with Gasteiger partial charge >= 0.3 is 0 Å². The van der Waals surface area contributed by atoms with Crippen LogP contribution in [0.3, 0.4) is 0 Å². The molecule has 1 aromatic heterocycles. The summed E-state index contributed by atoms with van der Waals surface area (Å²) in [5.74, 6) is -0.148. The monoisotopic (exact) mass is 400 g/mol. The average molecular weight is 400 g/mol. The Labute approximate surface area is 161 Å². The van der Waals surface area contributed by atoms with Crippen LogP contribution in [0.2, 0.25) is 0 Å². The highest BCUT2D eigenvalue weighted by molar-refractivity contribution is 7.88. The van der Waals surface area contributed by atoms with Gasteiger partial charge in [-0.1, -0.05) is 12.1 Å². The van der Waals surface area contributed by atoms with Gasteiger partial charge < -0.3 is 4.74 Å². The molecule has 9 heteroatoms. The number of hydrogen-bond donors (Lipinski definition) is 0. The maximum atomic E-state index is 14.5. The largest absolute Gasteiger partial charge is 0.497 e.